The Labute approximate surface area is 200 Å². The topological polar surface area (TPSA) is 177 Å². The van der Waals surface area contributed by atoms with Gasteiger partial charge in [-0.2, -0.15) is 0 Å². The molecule has 34 heavy (non-hydrogen) atoms. The fourth-order valence-corrected chi connectivity index (χ4v) is 3.84. The molecule has 0 unspecified atom stereocenters. The summed E-state index contributed by atoms with van der Waals surface area (Å²) in [7, 11) is 0. The normalized spacial score (nSPS) is 20.1. The number of carboxylic acid groups (broad SMARTS) is 1. The van der Waals surface area contributed by atoms with Crippen LogP contribution in [0.2, 0.25) is 0 Å². The average molecular weight is 485 g/mol. The number of carboxylic acids is 1. The molecule has 0 spiro atoms. The number of hydrogen-bond acceptors (Lipinski definition) is 6. The van der Waals surface area contributed by atoms with E-state index in [4.69, 9.17) is 15.6 Å². The van der Waals surface area contributed by atoms with E-state index in [1.807, 2.05) is 13.8 Å². The maximum Gasteiger partial charge on any atom is 0.408 e. The molecule has 0 bridgehead atoms. The molecule has 1 aliphatic carbocycles. The Bertz CT molecular complexity index is 740. The van der Waals surface area contributed by atoms with Gasteiger partial charge in [0.15, 0.2) is 0 Å². The third kappa shape index (κ3) is 11.3. The highest BCUT2D eigenvalue weighted by atomic mass is 16.6. The molecular weight excluding hydrogens is 444 g/mol. The zero-order chi connectivity index (χ0) is 26.1. The number of hydrogen-bond donors (Lipinski definition) is 5. The molecule has 1 aliphatic rings. The van der Waals surface area contributed by atoms with Gasteiger partial charge in [-0.1, -0.05) is 13.8 Å². The summed E-state index contributed by atoms with van der Waals surface area (Å²) < 4.78 is 5.26. The minimum atomic E-state index is -1.34. The highest BCUT2D eigenvalue weighted by molar-refractivity contribution is 5.89. The number of ether oxygens (including phenoxy) is 1. The van der Waals surface area contributed by atoms with E-state index in [1.165, 1.54) is 0 Å². The van der Waals surface area contributed by atoms with Gasteiger partial charge in [-0.15, -0.1) is 0 Å². The highest BCUT2D eigenvalue weighted by Gasteiger charge is 2.31. The van der Waals surface area contributed by atoms with Crippen LogP contribution in [-0.2, 0) is 23.9 Å². The number of primary amides is 1. The van der Waals surface area contributed by atoms with Crippen LogP contribution in [0.25, 0.3) is 0 Å². The smallest absolute Gasteiger partial charge is 0.408 e. The van der Waals surface area contributed by atoms with Crippen LogP contribution >= 0.6 is 0 Å². The van der Waals surface area contributed by atoms with Gasteiger partial charge < -0.3 is 31.5 Å². The number of carbonyl (C=O) groups excluding carboxylic acids is 4. The molecule has 6 N–H and O–H groups in total. The maximum absolute atomic E-state index is 12.7. The number of carbonyl (C=O) groups is 5. The lowest BCUT2D eigenvalue weighted by molar-refractivity contribution is -0.144. The molecule has 0 heterocycles. The Hall–Kier alpha value is -2.85. The quantitative estimate of drug-likeness (QED) is 0.293. The first kappa shape index (κ1) is 29.2. The molecule has 11 nitrogen and oxygen atoms in total. The molecule has 2 atom stereocenters. The zero-order valence-electron chi connectivity index (χ0n) is 20.8. The van der Waals surface area contributed by atoms with E-state index in [9.17, 15) is 24.0 Å². The third-order valence-corrected chi connectivity index (χ3v) is 5.52. The Balaban J connectivity index is 2.53. The second kappa shape index (κ2) is 13.1. The van der Waals surface area contributed by atoms with Crippen molar-refractivity contribution in [3.63, 3.8) is 0 Å². The standard InChI is InChI=1S/C23H40N4O7/c1-13(2)10-16(27-22(33)34-23(3,4)5)20(30)25-12-14-6-8-15(9-7-14)19(29)26-17(21(31)32)11-18(24)28/h13-17H,6-12H2,1-5H3,(H2,24,28)(H,25,30)(H,26,29)(H,27,33)(H,31,32)/t14?,15?,16-,17+/m1/s1. The van der Waals surface area contributed by atoms with Crippen molar-refractivity contribution < 1.29 is 33.8 Å². The molecule has 0 aromatic rings. The monoisotopic (exact) mass is 484 g/mol. The summed E-state index contributed by atoms with van der Waals surface area (Å²) >= 11 is 0. The summed E-state index contributed by atoms with van der Waals surface area (Å²) in [6, 6.07) is -2.05. The largest absolute Gasteiger partial charge is 0.480 e. The van der Waals surface area contributed by atoms with Gasteiger partial charge in [0.2, 0.25) is 17.7 Å². The number of nitrogens with one attached hydrogen (secondary N) is 3. The molecule has 1 saturated carbocycles. The molecule has 0 radical (unpaired) electrons. The van der Waals surface area contributed by atoms with Gasteiger partial charge in [0, 0.05) is 12.5 Å². The van der Waals surface area contributed by atoms with E-state index in [2.05, 4.69) is 16.0 Å². The number of aliphatic carboxylic acids is 1. The molecule has 0 saturated heterocycles. The number of amides is 4. The van der Waals surface area contributed by atoms with Gasteiger partial charge in [-0.3, -0.25) is 14.4 Å². The number of alkyl carbamates (subject to hydrolysis) is 1. The van der Waals surface area contributed by atoms with Crippen LogP contribution in [0.4, 0.5) is 4.79 Å². The zero-order valence-corrected chi connectivity index (χ0v) is 20.8. The van der Waals surface area contributed by atoms with E-state index in [-0.39, 0.29) is 23.7 Å². The van der Waals surface area contributed by atoms with E-state index in [0.717, 1.165) is 0 Å². The summed E-state index contributed by atoms with van der Waals surface area (Å²) in [6.45, 7) is 9.58. The van der Waals surface area contributed by atoms with Crippen molar-refractivity contribution in [1.29, 1.82) is 0 Å². The maximum atomic E-state index is 12.7. The third-order valence-electron chi connectivity index (χ3n) is 5.52. The molecule has 0 aromatic carbocycles. The van der Waals surface area contributed by atoms with E-state index in [0.29, 0.717) is 38.6 Å². The van der Waals surface area contributed by atoms with Crippen LogP contribution in [0, 0.1) is 17.8 Å². The Morgan fingerprint density at radius 3 is 2.06 bits per heavy atom. The van der Waals surface area contributed by atoms with Crippen LogP contribution in [0.3, 0.4) is 0 Å². The van der Waals surface area contributed by atoms with E-state index < -0.39 is 48.0 Å². The van der Waals surface area contributed by atoms with Crippen LogP contribution in [0.1, 0.15) is 73.1 Å². The SMILES string of the molecule is CC(C)C[C@@H](NC(=O)OC(C)(C)C)C(=O)NCC1CCC(C(=O)N[C@@H](CC(N)=O)C(=O)O)CC1. The second-order valence-corrected chi connectivity index (χ2v) is 10.4. The van der Waals surface area contributed by atoms with Gasteiger partial charge in [-0.05, 0) is 64.7 Å². The van der Waals surface area contributed by atoms with Crippen molar-refractivity contribution in [2.24, 2.45) is 23.5 Å². The summed E-state index contributed by atoms with van der Waals surface area (Å²) in [5.74, 6) is -2.81. The Kier molecular flexibility index (Phi) is 11.3. The first-order chi connectivity index (χ1) is 15.7. The minimum absolute atomic E-state index is 0.162. The van der Waals surface area contributed by atoms with Crippen molar-refractivity contribution in [3.8, 4) is 0 Å². The van der Waals surface area contributed by atoms with Crippen LogP contribution in [-0.4, -0.2) is 59.1 Å². The first-order valence-corrected chi connectivity index (χ1v) is 11.8. The number of nitrogens with two attached hydrogens (primary N) is 1. The second-order valence-electron chi connectivity index (χ2n) is 10.4. The van der Waals surface area contributed by atoms with Gasteiger partial charge in [0.25, 0.3) is 0 Å². The van der Waals surface area contributed by atoms with Gasteiger partial charge in [0.05, 0.1) is 6.42 Å². The predicted octanol–water partition coefficient (Wildman–Crippen LogP) is 1.29. The fourth-order valence-electron chi connectivity index (χ4n) is 3.84. The molecular formula is C23H40N4O7. The van der Waals surface area contributed by atoms with Gasteiger partial charge in [-0.25, -0.2) is 9.59 Å². The van der Waals surface area contributed by atoms with Gasteiger partial charge in [0.1, 0.15) is 17.7 Å². The lowest BCUT2D eigenvalue weighted by Crippen LogP contribution is -2.50. The molecule has 1 rings (SSSR count). The van der Waals surface area contributed by atoms with Crippen molar-refractivity contribution in [3.05, 3.63) is 0 Å². The molecule has 11 heteroatoms. The molecule has 0 aromatic heterocycles. The van der Waals surface area contributed by atoms with Crippen molar-refractivity contribution in [2.75, 3.05) is 6.54 Å². The summed E-state index contributed by atoms with van der Waals surface area (Å²) in [6.07, 6.45) is 1.81. The van der Waals surface area contributed by atoms with Gasteiger partial charge >= 0.3 is 12.1 Å². The van der Waals surface area contributed by atoms with Crippen molar-refractivity contribution in [1.82, 2.24) is 16.0 Å². The fraction of sp³-hybridized carbons (Fsp3) is 0.783. The highest BCUT2D eigenvalue weighted by Crippen LogP contribution is 2.28. The Morgan fingerprint density at radius 2 is 1.59 bits per heavy atom. The first-order valence-electron chi connectivity index (χ1n) is 11.8. The van der Waals surface area contributed by atoms with E-state index >= 15 is 0 Å². The average Bonchev–Trinajstić information content (AvgIpc) is 2.69. The van der Waals surface area contributed by atoms with Crippen molar-refractivity contribution in [2.45, 2.75) is 90.8 Å². The molecule has 1 fully saturated rings. The van der Waals surface area contributed by atoms with Crippen molar-refractivity contribution >= 4 is 29.8 Å². The Morgan fingerprint density at radius 1 is 1.00 bits per heavy atom. The van der Waals surface area contributed by atoms with Crippen LogP contribution in [0.15, 0.2) is 0 Å². The molecule has 4 amide bonds. The lowest BCUT2D eigenvalue weighted by Gasteiger charge is -2.29. The molecule has 0 aliphatic heterocycles. The lowest BCUT2D eigenvalue weighted by atomic mass is 9.81. The summed E-state index contributed by atoms with van der Waals surface area (Å²) in [4.78, 5) is 59.5. The minimum Gasteiger partial charge on any atom is -0.480 e. The summed E-state index contributed by atoms with van der Waals surface area (Å²) in [5.41, 5.74) is 4.38. The molecule has 194 valence electrons. The van der Waals surface area contributed by atoms with Crippen LogP contribution < -0.4 is 21.7 Å². The predicted molar refractivity (Wildman–Crippen MR) is 124 cm³/mol. The van der Waals surface area contributed by atoms with E-state index in [1.54, 1.807) is 20.8 Å². The summed E-state index contributed by atoms with van der Waals surface area (Å²) in [5, 5.41) is 17.1. The van der Waals surface area contributed by atoms with Crippen LogP contribution in [0.5, 0.6) is 0 Å². The number of rotatable bonds is 11.